The SMILES string of the molecule is CC(C)P(C(C)C)C(C)C.O=C(O)O.[Os].c1ccccc1. The Bertz CT molecular complexity index is 280. The van der Waals surface area contributed by atoms with E-state index >= 15 is 0 Å². The number of hydrogen-bond acceptors (Lipinski definition) is 1. The van der Waals surface area contributed by atoms with Gasteiger partial charge in [-0.1, -0.05) is 85.9 Å². The first kappa shape index (κ1) is 25.5. The number of hydrogen-bond donors (Lipinski definition) is 2. The monoisotopic (exact) mass is 492 g/mol. The zero-order chi connectivity index (χ0) is 16.1. The summed E-state index contributed by atoms with van der Waals surface area (Å²) in [6.07, 6.45) is -1.83. The quantitative estimate of drug-likeness (QED) is 0.543. The standard InChI is InChI=1S/C9H21P.C6H6.CH2O3.Os/c1-7(2)10(8(3)4)9(5)6;1-2-4-6-5-3-1;2-1(3)4;/h7-9H,1-6H3;1-6H;(H2,2,3,4);. The average Bonchev–Trinajstić information content (AvgIpc) is 2.29. The van der Waals surface area contributed by atoms with Crippen molar-refractivity contribution < 1.29 is 34.8 Å². The second-order valence-electron chi connectivity index (χ2n) is 5.17. The molecule has 0 amide bonds. The Labute approximate surface area is 144 Å². The van der Waals surface area contributed by atoms with Gasteiger partial charge in [-0.05, 0) is 17.0 Å². The molecule has 1 rings (SSSR count). The van der Waals surface area contributed by atoms with E-state index in [0.717, 1.165) is 17.0 Å². The molecule has 0 fully saturated rings. The molecule has 124 valence electrons. The van der Waals surface area contributed by atoms with Crippen LogP contribution in [0.25, 0.3) is 0 Å². The van der Waals surface area contributed by atoms with Crippen molar-refractivity contribution in [3.05, 3.63) is 36.4 Å². The molecule has 0 aliphatic heterocycles. The molecule has 21 heavy (non-hydrogen) atoms. The summed E-state index contributed by atoms with van der Waals surface area (Å²) in [7, 11) is 0.262. The molecule has 0 aliphatic carbocycles. The molecule has 0 bridgehead atoms. The second kappa shape index (κ2) is 15.9. The van der Waals surface area contributed by atoms with Crippen molar-refractivity contribution in [2.75, 3.05) is 0 Å². The number of rotatable bonds is 3. The Kier molecular flexibility index (Phi) is 19.4. The van der Waals surface area contributed by atoms with Gasteiger partial charge in [0.1, 0.15) is 0 Å². The molecule has 1 aromatic rings. The molecule has 2 N–H and O–H groups in total. The second-order valence-corrected chi connectivity index (χ2v) is 9.16. The Morgan fingerprint density at radius 2 is 0.857 bits per heavy atom. The summed E-state index contributed by atoms with van der Waals surface area (Å²) in [6, 6.07) is 12.0. The molecule has 5 heteroatoms. The summed E-state index contributed by atoms with van der Waals surface area (Å²) in [5.74, 6) is 0. The summed E-state index contributed by atoms with van der Waals surface area (Å²) in [6.45, 7) is 14.1. The molecule has 0 aromatic heterocycles. The summed E-state index contributed by atoms with van der Waals surface area (Å²) in [4.78, 5) is 8.56. The molecule has 0 saturated heterocycles. The van der Waals surface area contributed by atoms with Gasteiger partial charge >= 0.3 is 6.16 Å². The van der Waals surface area contributed by atoms with E-state index in [-0.39, 0.29) is 27.7 Å². The van der Waals surface area contributed by atoms with E-state index in [1.807, 2.05) is 36.4 Å². The smallest absolute Gasteiger partial charge is 0.450 e. The molecule has 0 aliphatic rings. The molecule has 0 heterocycles. The van der Waals surface area contributed by atoms with Crippen molar-refractivity contribution in [2.24, 2.45) is 0 Å². The van der Waals surface area contributed by atoms with Gasteiger partial charge in [-0.3, -0.25) is 0 Å². The first-order valence-corrected chi connectivity index (χ1v) is 8.44. The molecule has 0 atom stereocenters. The van der Waals surface area contributed by atoms with Crippen molar-refractivity contribution in [1.82, 2.24) is 0 Å². The number of carbonyl (C=O) groups is 1. The van der Waals surface area contributed by atoms with Crippen molar-refractivity contribution in [3.63, 3.8) is 0 Å². The minimum absolute atomic E-state index is 0. The van der Waals surface area contributed by atoms with Gasteiger partial charge in [0.25, 0.3) is 0 Å². The van der Waals surface area contributed by atoms with Crippen LogP contribution in [0.2, 0.25) is 0 Å². The van der Waals surface area contributed by atoms with Crippen LogP contribution in [0, 0.1) is 0 Å². The zero-order valence-electron chi connectivity index (χ0n) is 13.8. The topological polar surface area (TPSA) is 57.5 Å². The van der Waals surface area contributed by atoms with Crippen LogP contribution in [0.5, 0.6) is 0 Å². The summed E-state index contributed by atoms with van der Waals surface area (Å²) >= 11 is 0. The Balaban J connectivity index is -0.000000251. The Hall–Kier alpha value is -0.444. The minimum atomic E-state index is -1.83. The Morgan fingerprint density at radius 1 is 0.714 bits per heavy atom. The molecule has 0 unspecified atom stereocenters. The third kappa shape index (κ3) is 19.6. The van der Waals surface area contributed by atoms with Gasteiger partial charge in [-0.2, -0.15) is 0 Å². The van der Waals surface area contributed by atoms with Crippen LogP contribution in [0.3, 0.4) is 0 Å². The van der Waals surface area contributed by atoms with Gasteiger partial charge in [-0.25, -0.2) is 4.79 Å². The van der Waals surface area contributed by atoms with Crippen LogP contribution in [-0.2, 0) is 19.8 Å². The van der Waals surface area contributed by atoms with Crippen LogP contribution >= 0.6 is 7.92 Å². The van der Waals surface area contributed by atoms with Crippen molar-refractivity contribution in [2.45, 2.75) is 58.5 Å². The van der Waals surface area contributed by atoms with Crippen LogP contribution in [0.1, 0.15) is 41.5 Å². The molecular weight excluding hydrogens is 461 g/mol. The molecule has 0 radical (unpaired) electrons. The third-order valence-corrected chi connectivity index (χ3v) is 6.03. The van der Waals surface area contributed by atoms with Gasteiger partial charge in [0.05, 0.1) is 0 Å². The molecular formula is C16H29O3OsP. The largest absolute Gasteiger partial charge is 0.503 e. The van der Waals surface area contributed by atoms with Gasteiger partial charge in [0, 0.05) is 19.8 Å². The van der Waals surface area contributed by atoms with Crippen LogP contribution in [0.15, 0.2) is 36.4 Å². The van der Waals surface area contributed by atoms with Gasteiger partial charge in [-0.15, -0.1) is 0 Å². The van der Waals surface area contributed by atoms with Crippen molar-refractivity contribution in [3.8, 4) is 0 Å². The number of carboxylic acid groups (broad SMARTS) is 2. The molecule has 0 saturated carbocycles. The molecule has 3 nitrogen and oxygen atoms in total. The maximum Gasteiger partial charge on any atom is 0.503 e. The third-order valence-electron chi connectivity index (χ3n) is 2.46. The van der Waals surface area contributed by atoms with Crippen molar-refractivity contribution in [1.29, 1.82) is 0 Å². The average molecular weight is 491 g/mol. The van der Waals surface area contributed by atoms with E-state index in [2.05, 4.69) is 41.5 Å². The summed E-state index contributed by atoms with van der Waals surface area (Å²) in [5.41, 5.74) is 2.69. The van der Waals surface area contributed by atoms with Gasteiger partial charge in [0.15, 0.2) is 0 Å². The maximum absolute atomic E-state index is 8.56. The fourth-order valence-corrected chi connectivity index (χ4v) is 5.75. The fraction of sp³-hybridized carbons (Fsp3) is 0.562. The first-order chi connectivity index (χ1) is 9.20. The van der Waals surface area contributed by atoms with Gasteiger partial charge < -0.3 is 10.2 Å². The van der Waals surface area contributed by atoms with E-state index in [1.165, 1.54) is 0 Å². The fourth-order valence-electron chi connectivity index (χ4n) is 2.17. The summed E-state index contributed by atoms with van der Waals surface area (Å²) < 4.78 is 0. The normalized spacial score (nSPS) is 9.43. The van der Waals surface area contributed by atoms with Crippen LogP contribution in [0.4, 0.5) is 4.79 Å². The molecule has 1 aromatic carbocycles. The molecule has 0 spiro atoms. The first-order valence-electron chi connectivity index (χ1n) is 6.89. The van der Waals surface area contributed by atoms with E-state index in [0.29, 0.717) is 0 Å². The van der Waals surface area contributed by atoms with Crippen LogP contribution in [-0.4, -0.2) is 33.3 Å². The predicted octanol–water partition coefficient (Wildman–Crippen LogP) is 5.60. The zero-order valence-corrected chi connectivity index (χ0v) is 17.2. The summed E-state index contributed by atoms with van der Waals surface area (Å²) in [5, 5.41) is 13.9. The van der Waals surface area contributed by atoms with Gasteiger partial charge in [0.2, 0.25) is 0 Å². The van der Waals surface area contributed by atoms with E-state index in [1.54, 1.807) is 0 Å². The minimum Gasteiger partial charge on any atom is -0.450 e. The maximum atomic E-state index is 8.56. The van der Waals surface area contributed by atoms with E-state index < -0.39 is 6.16 Å². The number of benzene rings is 1. The van der Waals surface area contributed by atoms with E-state index in [9.17, 15) is 0 Å². The van der Waals surface area contributed by atoms with Crippen molar-refractivity contribution >= 4 is 14.1 Å². The Morgan fingerprint density at radius 3 is 0.905 bits per heavy atom. The predicted molar refractivity (Wildman–Crippen MR) is 89.4 cm³/mol. The van der Waals surface area contributed by atoms with E-state index in [4.69, 9.17) is 15.0 Å². The van der Waals surface area contributed by atoms with Crippen LogP contribution < -0.4 is 0 Å².